The van der Waals surface area contributed by atoms with Gasteiger partial charge in [0.05, 0.1) is 6.54 Å². The molecular formula is C19H22ClN4S2+. The summed E-state index contributed by atoms with van der Waals surface area (Å²) in [4.78, 5) is 3.04. The molecule has 0 fully saturated rings. The maximum absolute atomic E-state index is 6.03. The maximum Gasteiger partial charge on any atom is 0.203 e. The van der Waals surface area contributed by atoms with Gasteiger partial charge in [0.15, 0.2) is 12.5 Å². The van der Waals surface area contributed by atoms with Crippen LogP contribution in [0.4, 0.5) is 0 Å². The van der Waals surface area contributed by atoms with Crippen LogP contribution in [0.2, 0.25) is 5.02 Å². The van der Waals surface area contributed by atoms with Crippen LogP contribution < -0.4 is 4.90 Å². The van der Waals surface area contributed by atoms with Crippen LogP contribution in [0.5, 0.6) is 0 Å². The molecule has 0 spiro atoms. The van der Waals surface area contributed by atoms with Gasteiger partial charge < -0.3 is 9.47 Å². The van der Waals surface area contributed by atoms with E-state index >= 15 is 0 Å². The summed E-state index contributed by atoms with van der Waals surface area (Å²) in [6, 6.07) is 10.5. The SMILES string of the molecule is CCn1c(-c2ccc(Cl)cc2)nn(C[NH+]2CCc3sccc3[C@H]2C)c1=S. The van der Waals surface area contributed by atoms with E-state index in [0.29, 0.717) is 6.04 Å². The van der Waals surface area contributed by atoms with E-state index < -0.39 is 0 Å². The van der Waals surface area contributed by atoms with E-state index in [1.807, 2.05) is 40.3 Å². The third-order valence-corrected chi connectivity index (χ3v) is 6.91. The van der Waals surface area contributed by atoms with Crippen molar-refractivity contribution in [2.75, 3.05) is 6.54 Å². The Morgan fingerprint density at radius 1 is 1.31 bits per heavy atom. The second kappa shape index (κ2) is 7.27. The molecule has 136 valence electrons. The number of thiophene rings is 1. The highest BCUT2D eigenvalue weighted by Crippen LogP contribution is 2.25. The normalized spacial score (nSPS) is 19.5. The van der Waals surface area contributed by atoms with Crippen molar-refractivity contribution in [3.05, 3.63) is 55.9 Å². The van der Waals surface area contributed by atoms with Gasteiger partial charge in [-0.15, -0.1) is 16.4 Å². The zero-order valence-corrected chi connectivity index (χ0v) is 17.3. The van der Waals surface area contributed by atoms with Gasteiger partial charge in [0.1, 0.15) is 6.04 Å². The molecule has 1 aromatic carbocycles. The van der Waals surface area contributed by atoms with Gasteiger partial charge in [0.25, 0.3) is 0 Å². The number of hydrogen-bond acceptors (Lipinski definition) is 3. The van der Waals surface area contributed by atoms with Crippen LogP contribution in [0.15, 0.2) is 35.7 Å². The number of aromatic nitrogens is 3. The molecular weight excluding hydrogens is 384 g/mol. The standard InChI is InChI=1S/C19H21ClN4S2/c1-3-23-18(14-4-6-15(20)7-5-14)21-24(19(23)25)12-22-10-8-17-16(13(22)2)9-11-26-17/h4-7,9,11,13H,3,8,10,12H2,1-2H3/p+1/t13-/m1/s1. The first-order valence-electron chi connectivity index (χ1n) is 8.93. The predicted octanol–water partition coefficient (Wildman–Crippen LogP) is 3.98. The maximum atomic E-state index is 6.03. The summed E-state index contributed by atoms with van der Waals surface area (Å²) in [6.07, 6.45) is 1.14. The number of halogens is 1. The fourth-order valence-corrected chi connectivity index (χ4v) is 5.13. The van der Waals surface area contributed by atoms with Crippen molar-refractivity contribution in [1.29, 1.82) is 0 Å². The highest BCUT2D eigenvalue weighted by Gasteiger charge is 2.29. The lowest BCUT2D eigenvalue weighted by molar-refractivity contribution is -0.954. The molecule has 1 aliphatic rings. The van der Waals surface area contributed by atoms with Gasteiger partial charge in [0.2, 0.25) is 4.77 Å². The lowest BCUT2D eigenvalue weighted by Crippen LogP contribution is -3.12. The van der Waals surface area contributed by atoms with Crippen LogP contribution in [0.25, 0.3) is 11.4 Å². The number of quaternary nitrogens is 1. The highest BCUT2D eigenvalue weighted by molar-refractivity contribution is 7.71. The van der Waals surface area contributed by atoms with Crippen LogP contribution >= 0.6 is 35.2 Å². The molecule has 3 aromatic rings. The van der Waals surface area contributed by atoms with Crippen molar-refractivity contribution in [1.82, 2.24) is 14.3 Å². The number of nitrogens with zero attached hydrogens (tertiary/aromatic N) is 3. The minimum atomic E-state index is 0.470. The Morgan fingerprint density at radius 2 is 2.08 bits per heavy atom. The molecule has 4 rings (SSSR count). The molecule has 0 saturated heterocycles. The Hall–Kier alpha value is -1.47. The number of rotatable bonds is 4. The lowest BCUT2D eigenvalue weighted by Gasteiger charge is -2.30. The van der Waals surface area contributed by atoms with E-state index in [-0.39, 0.29) is 0 Å². The first-order chi connectivity index (χ1) is 12.6. The topological polar surface area (TPSA) is 27.2 Å². The summed E-state index contributed by atoms with van der Waals surface area (Å²) < 4.78 is 4.88. The van der Waals surface area contributed by atoms with E-state index in [9.17, 15) is 0 Å². The van der Waals surface area contributed by atoms with E-state index in [0.717, 1.165) is 47.4 Å². The van der Waals surface area contributed by atoms with Gasteiger partial charge in [-0.25, -0.2) is 0 Å². The zero-order chi connectivity index (χ0) is 18.3. The molecule has 26 heavy (non-hydrogen) atoms. The summed E-state index contributed by atoms with van der Waals surface area (Å²) in [5.74, 6) is 0.912. The second-order valence-electron chi connectivity index (χ2n) is 6.69. The summed E-state index contributed by atoms with van der Waals surface area (Å²) >= 11 is 13.6. The second-order valence-corrected chi connectivity index (χ2v) is 8.50. The molecule has 1 N–H and O–H groups in total. The van der Waals surface area contributed by atoms with Crippen molar-refractivity contribution in [2.45, 2.75) is 39.5 Å². The molecule has 2 atom stereocenters. The molecule has 0 saturated carbocycles. The molecule has 0 radical (unpaired) electrons. The van der Waals surface area contributed by atoms with Crippen LogP contribution in [0.3, 0.4) is 0 Å². The fourth-order valence-electron chi connectivity index (χ4n) is 3.70. The number of fused-ring (bicyclic) bond motifs is 1. The number of benzene rings is 1. The Bertz CT molecular complexity index is 970. The number of nitrogens with one attached hydrogen (secondary N) is 1. The Labute approximate surface area is 167 Å². The average molecular weight is 406 g/mol. The minimum Gasteiger partial charge on any atom is -0.310 e. The Balaban J connectivity index is 1.66. The van der Waals surface area contributed by atoms with E-state index in [1.54, 1.807) is 0 Å². The smallest absolute Gasteiger partial charge is 0.203 e. The Morgan fingerprint density at radius 3 is 2.81 bits per heavy atom. The monoisotopic (exact) mass is 405 g/mol. The summed E-state index contributed by atoms with van der Waals surface area (Å²) in [6.45, 7) is 7.13. The zero-order valence-electron chi connectivity index (χ0n) is 14.9. The van der Waals surface area contributed by atoms with Crippen LogP contribution in [-0.4, -0.2) is 20.9 Å². The van der Waals surface area contributed by atoms with Gasteiger partial charge in [-0.3, -0.25) is 0 Å². The molecule has 2 aromatic heterocycles. The molecule has 1 unspecified atom stereocenters. The van der Waals surface area contributed by atoms with Crippen molar-refractivity contribution >= 4 is 35.2 Å². The van der Waals surface area contributed by atoms with E-state index in [2.05, 4.69) is 29.9 Å². The predicted molar refractivity (Wildman–Crippen MR) is 109 cm³/mol. The van der Waals surface area contributed by atoms with E-state index in [4.69, 9.17) is 28.9 Å². The molecule has 3 heterocycles. The van der Waals surface area contributed by atoms with Crippen molar-refractivity contribution < 1.29 is 4.90 Å². The van der Waals surface area contributed by atoms with Crippen molar-refractivity contribution in [3.8, 4) is 11.4 Å². The average Bonchev–Trinajstić information content (AvgIpc) is 3.23. The van der Waals surface area contributed by atoms with Crippen LogP contribution in [0, 0.1) is 4.77 Å². The van der Waals surface area contributed by atoms with Gasteiger partial charge in [0, 0.05) is 34.0 Å². The van der Waals surface area contributed by atoms with Crippen LogP contribution in [-0.2, 0) is 19.6 Å². The first kappa shape index (κ1) is 17.9. The van der Waals surface area contributed by atoms with Gasteiger partial charge in [-0.1, -0.05) is 11.6 Å². The van der Waals surface area contributed by atoms with Gasteiger partial charge >= 0.3 is 0 Å². The van der Waals surface area contributed by atoms with Crippen molar-refractivity contribution in [3.63, 3.8) is 0 Å². The third kappa shape index (κ3) is 3.16. The molecule has 0 amide bonds. The number of hydrogen-bond donors (Lipinski definition) is 1. The highest BCUT2D eigenvalue weighted by atomic mass is 35.5. The largest absolute Gasteiger partial charge is 0.310 e. The van der Waals surface area contributed by atoms with Gasteiger partial charge in [-0.2, -0.15) is 4.68 Å². The van der Waals surface area contributed by atoms with Gasteiger partial charge in [-0.05, 0) is 61.8 Å². The van der Waals surface area contributed by atoms with Crippen LogP contribution in [0.1, 0.15) is 30.3 Å². The minimum absolute atomic E-state index is 0.470. The first-order valence-corrected chi connectivity index (χ1v) is 10.6. The summed E-state index contributed by atoms with van der Waals surface area (Å²) in [5.41, 5.74) is 2.53. The third-order valence-electron chi connectivity index (χ3n) is 5.23. The fraction of sp³-hybridized carbons (Fsp3) is 0.368. The molecule has 4 nitrogen and oxygen atoms in total. The molecule has 1 aliphatic heterocycles. The molecule has 7 heteroatoms. The molecule has 0 bridgehead atoms. The Kier molecular flexibility index (Phi) is 5.01. The summed E-state index contributed by atoms with van der Waals surface area (Å²) in [7, 11) is 0. The lowest BCUT2D eigenvalue weighted by atomic mass is 10.0. The summed E-state index contributed by atoms with van der Waals surface area (Å²) in [5, 5.41) is 7.80. The quantitative estimate of drug-likeness (QED) is 0.665. The van der Waals surface area contributed by atoms with E-state index in [1.165, 1.54) is 15.3 Å². The molecule has 0 aliphatic carbocycles. The van der Waals surface area contributed by atoms with Crippen molar-refractivity contribution in [2.24, 2.45) is 0 Å².